The van der Waals surface area contributed by atoms with Crippen LogP contribution in [-0.2, 0) is 4.89 Å². The van der Waals surface area contributed by atoms with Crippen LogP contribution in [0, 0.1) is 5.41 Å². The summed E-state index contributed by atoms with van der Waals surface area (Å²) in [7, 11) is 0. The largest absolute Gasteiger partial charge is 0.490 e. The van der Waals surface area contributed by atoms with Gasteiger partial charge in [0.2, 0.25) is 5.90 Å². The standard InChI is InChI=1S/C12H14ClNO3/c1-2-8-6-10(12(14)17-15)9-5-7(13)3-4-11(9)16-8/h3-5,8,10,14-15H,2,6H2,1H3. The van der Waals surface area contributed by atoms with Crippen LogP contribution in [0.15, 0.2) is 18.2 Å². The van der Waals surface area contributed by atoms with Crippen molar-refractivity contribution in [1.82, 2.24) is 0 Å². The van der Waals surface area contributed by atoms with Crippen molar-refractivity contribution in [3.63, 3.8) is 0 Å². The molecule has 0 fully saturated rings. The summed E-state index contributed by atoms with van der Waals surface area (Å²) in [5.41, 5.74) is 0.793. The monoisotopic (exact) mass is 255 g/mol. The highest BCUT2D eigenvalue weighted by molar-refractivity contribution is 6.30. The number of benzene rings is 1. The molecule has 5 heteroatoms. The van der Waals surface area contributed by atoms with Crippen molar-refractivity contribution in [3.05, 3.63) is 28.8 Å². The van der Waals surface area contributed by atoms with Crippen LogP contribution in [0.5, 0.6) is 5.75 Å². The van der Waals surface area contributed by atoms with Crippen molar-refractivity contribution >= 4 is 17.5 Å². The summed E-state index contributed by atoms with van der Waals surface area (Å²) in [6.07, 6.45) is 1.49. The number of hydrogen-bond donors (Lipinski definition) is 2. The second kappa shape index (κ2) is 4.94. The zero-order chi connectivity index (χ0) is 12.4. The Morgan fingerprint density at radius 2 is 2.41 bits per heavy atom. The van der Waals surface area contributed by atoms with Gasteiger partial charge in [-0.3, -0.25) is 5.41 Å². The van der Waals surface area contributed by atoms with Gasteiger partial charge in [0.1, 0.15) is 5.75 Å². The first-order chi connectivity index (χ1) is 8.15. The van der Waals surface area contributed by atoms with Crippen LogP contribution in [-0.4, -0.2) is 17.3 Å². The topological polar surface area (TPSA) is 62.5 Å². The van der Waals surface area contributed by atoms with Crippen LogP contribution >= 0.6 is 11.6 Å². The van der Waals surface area contributed by atoms with E-state index in [9.17, 15) is 0 Å². The van der Waals surface area contributed by atoms with Crippen molar-refractivity contribution in [2.24, 2.45) is 0 Å². The summed E-state index contributed by atoms with van der Waals surface area (Å²) in [4.78, 5) is 4.06. The zero-order valence-electron chi connectivity index (χ0n) is 9.44. The molecule has 92 valence electrons. The van der Waals surface area contributed by atoms with Crippen LogP contribution in [0.3, 0.4) is 0 Å². The average Bonchev–Trinajstić information content (AvgIpc) is 2.36. The number of nitrogens with one attached hydrogen (secondary N) is 1. The van der Waals surface area contributed by atoms with Crippen LogP contribution in [0.2, 0.25) is 5.02 Å². The maximum absolute atomic E-state index is 8.64. The van der Waals surface area contributed by atoms with Gasteiger partial charge in [-0.25, -0.2) is 5.26 Å². The maximum Gasteiger partial charge on any atom is 0.232 e. The van der Waals surface area contributed by atoms with Gasteiger partial charge >= 0.3 is 0 Å². The van der Waals surface area contributed by atoms with Crippen LogP contribution in [0.25, 0.3) is 0 Å². The first-order valence-corrected chi connectivity index (χ1v) is 5.89. The summed E-state index contributed by atoms with van der Waals surface area (Å²) in [5.74, 6) is 0.238. The fourth-order valence-corrected chi connectivity index (χ4v) is 2.26. The van der Waals surface area contributed by atoms with E-state index >= 15 is 0 Å². The predicted molar refractivity (Wildman–Crippen MR) is 65.0 cm³/mol. The molecule has 2 N–H and O–H groups in total. The second-order valence-corrected chi connectivity index (χ2v) is 4.51. The molecule has 17 heavy (non-hydrogen) atoms. The summed E-state index contributed by atoms with van der Waals surface area (Å²) >= 11 is 5.93. The summed E-state index contributed by atoms with van der Waals surface area (Å²) in [6.45, 7) is 2.02. The Bertz CT molecular complexity index is 436. The third kappa shape index (κ3) is 2.37. The van der Waals surface area contributed by atoms with E-state index in [1.54, 1.807) is 18.2 Å². The third-order valence-corrected chi connectivity index (χ3v) is 3.24. The molecular weight excluding hydrogens is 242 g/mol. The van der Waals surface area contributed by atoms with E-state index in [1.807, 2.05) is 6.92 Å². The van der Waals surface area contributed by atoms with Gasteiger partial charge in [0.25, 0.3) is 0 Å². The van der Waals surface area contributed by atoms with E-state index in [0.717, 1.165) is 12.0 Å². The fraction of sp³-hybridized carbons (Fsp3) is 0.417. The maximum atomic E-state index is 8.64. The molecule has 0 amide bonds. The highest BCUT2D eigenvalue weighted by atomic mass is 35.5. The van der Waals surface area contributed by atoms with Gasteiger partial charge in [0.05, 0.1) is 12.0 Å². The molecule has 1 aliphatic heterocycles. The molecule has 0 radical (unpaired) electrons. The minimum absolute atomic E-state index is 0.0316. The summed E-state index contributed by atoms with van der Waals surface area (Å²) < 4.78 is 5.77. The number of hydrogen-bond acceptors (Lipinski definition) is 4. The minimum Gasteiger partial charge on any atom is -0.490 e. The Morgan fingerprint density at radius 3 is 3.06 bits per heavy atom. The number of rotatable bonds is 2. The minimum atomic E-state index is -0.299. The quantitative estimate of drug-likeness (QED) is 0.368. The Kier molecular flexibility index (Phi) is 3.54. The van der Waals surface area contributed by atoms with Gasteiger partial charge in [-0.2, -0.15) is 0 Å². The number of ether oxygens (including phenoxy) is 1. The van der Waals surface area contributed by atoms with E-state index in [0.29, 0.717) is 17.2 Å². The first-order valence-electron chi connectivity index (χ1n) is 5.51. The van der Waals surface area contributed by atoms with Gasteiger partial charge in [-0.1, -0.05) is 18.5 Å². The number of fused-ring (bicyclic) bond motifs is 1. The molecule has 0 saturated heterocycles. The van der Waals surface area contributed by atoms with Crippen molar-refractivity contribution in [1.29, 1.82) is 5.41 Å². The lowest BCUT2D eigenvalue weighted by Crippen LogP contribution is -2.29. The lowest BCUT2D eigenvalue weighted by Gasteiger charge is -2.30. The molecule has 1 aliphatic rings. The SMILES string of the molecule is CCC1CC(C(=N)OO)c2cc(Cl)ccc2O1. The first kappa shape index (κ1) is 12.2. The number of halogens is 1. The molecule has 0 aliphatic carbocycles. The Balaban J connectivity index is 2.40. The average molecular weight is 256 g/mol. The van der Waals surface area contributed by atoms with E-state index in [-0.39, 0.29) is 17.9 Å². The van der Waals surface area contributed by atoms with Crippen molar-refractivity contribution < 1.29 is 14.9 Å². The van der Waals surface area contributed by atoms with E-state index in [1.165, 1.54) is 0 Å². The van der Waals surface area contributed by atoms with E-state index < -0.39 is 0 Å². The normalized spacial score (nSPS) is 22.5. The van der Waals surface area contributed by atoms with Crippen LogP contribution in [0.1, 0.15) is 31.2 Å². The molecule has 2 unspecified atom stereocenters. The summed E-state index contributed by atoms with van der Waals surface area (Å²) in [5, 5.41) is 16.9. The van der Waals surface area contributed by atoms with Crippen molar-refractivity contribution in [2.45, 2.75) is 31.8 Å². The van der Waals surface area contributed by atoms with Crippen LogP contribution < -0.4 is 4.74 Å². The van der Waals surface area contributed by atoms with Crippen molar-refractivity contribution in [3.8, 4) is 5.75 Å². The Hall–Kier alpha value is -1.26. The lowest BCUT2D eigenvalue weighted by molar-refractivity contribution is -0.160. The molecule has 2 atom stereocenters. The molecule has 0 saturated carbocycles. The molecule has 0 bridgehead atoms. The highest BCUT2D eigenvalue weighted by Crippen LogP contribution is 2.39. The molecule has 4 nitrogen and oxygen atoms in total. The zero-order valence-corrected chi connectivity index (χ0v) is 10.2. The molecule has 2 rings (SSSR count). The Labute approximate surface area is 105 Å². The van der Waals surface area contributed by atoms with Crippen LogP contribution in [0.4, 0.5) is 0 Å². The van der Waals surface area contributed by atoms with E-state index in [2.05, 4.69) is 4.89 Å². The molecule has 0 aromatic heterocycles. The van der Waals surface area contributed by atoms with Gasteiger partial charge < -0.3 is 9.62 Å². The van der Waals surface area contributed by atoms with Gasteiger partial charge in [-0.05, 0) is 24.6 Å². The molecule has 1 heterocycles. The molecular formula is C12H14ClNO3. The molecule has 0 spiro atoms. The van der Waals surface area contributed by atoms with Gasteiger partial charge in [-0.15, -0.1) is 0 Å². The van der Waals surface area contributed by atoms with E-state index in [4.69, 9.17) is 27.0 Å². The summed E-state index contributed by atoms with van der Waals surface area (Å²) in [6, 6.07) is 5.29. The Morgan fingerprint density at radius 1 is 1.65 bits per heavy atom. The smallest absolute Gasteiger partial charge is 0.232 e. The predicted octanol–water partition coefficient (Wildman–Crippen LogP) is 3.45. The molecule has 1 aromatic rings. The van der Waals surface area contributed by atoms with Crippen molar-refractivity contribution in [2.75, 3.05) is 0 Å². The highest BCUT2D eigenvalue weighted by Gasteiger charge is 2.31. The second-order valence-electron chi connectivity index (χ2n) is 4.07. The van der Waals surface area contributed by atoms with Gasteiger partial charge in [0.15, 0.2) is 0 Å². The molecule has 1 aromatic carbocycles. The fourth-order valence-electron chi connectivity index (χ4n) is 2.08. The van der Waals surface area contributed by atoms with Gasteiger partial charge in [0, 0.05) is 17.0 Å². The lowest BCUT2D eigenvalue weighted by atomic mass is 9.89. The third-order valence-electron chi connectivity index (χ3n) is 3.01.